The van der Waals surface area contributed by atoms with Crippen LogP contribution in [0, 0.1) is 0 Å². The monoisotopic (exact) mass is 228 g/mol. The molecule has 0 saturated carbocycles. The fraction of sp³-hybridized carbons (Fsp3) is 0.700. The number of nitrogens with one attached hydrogen (secondary N) is 1. The van der Waals surface area contributed by atoms with E-state index >= 15 is 0 Å². The Balaban J connectivity index is 2.41. The Bertz CT molecular complexity index is 325. The fourth-order valence-electron chi connectivity index (χ4n) is 1.57. The Morgan fingerprint density at radius 2 is 2.00 bits per heavy atom. The number of hydrogen-bond donors (Lipinski definition) is 2. The van der Waals surface area contributed by atoms with Crippen LogP contribution in [0.1, 0.15) is 33.1 Å². The number of unbranched alkanes of at least 4 members (excludes halogenated alkanes) is 1. The predicted molar refractivity (Wildman–Crippen MR) is 55.8 cm³/mol. The minimum Gasteiger partial charge on any atom is -0.481 e. The molecule has 0 bridgehead atoms. The number of carboxylic acid groups (broad SMARTS) is 1. The molecule has 0 spiro atoms. The lowest BCUT2D eigenvalue weighted by molar-refractivity contribution is -0.137. The topological polar surface area (TPSA) is 86.7 Å². The Hall–Kier alpha value is -1.59. The molecule has 6 nitrogen and oxygen atoms in total. The van der Waals surface area contributed by atoms with Gasteiger partial charge in [-0.25, -0.2) is 4.79 Å². The summed E-state index contributed by atoms with van der Waals surface area (Å²) in [5.74, 6) is -1.12. The van der Waals surface area contributed by atoms with Crippen molar-refractivity contribution >= 4 is 17.9 Å². The van der Waals surface area contributed by atoms with Crippen molar-refractivity contribution in [3.63, 3.8) is 0 Å². The lowest BCUT2D eigenvalue weighted by atomic mass is 10.1. The van der Waals surface area contributed by atoms with Crippen LogP contribution in [0.25, 0.3) is 0 Å². The second-order valence-electron chi connectivity index (χ2n) is 4.36. The molecule has 0 aliphatic carbocycles. The highest BCUT2D eigenvalue weighted by Gasteiger charge is 2.43. The Labute approximate surface area is 93.6 Å². The number of nitrogens with zero attached hydrogens (tertiary/aromatic N) is 1. The first-order valence-corrected chi connectivity index (χ1v) is 5.20. The zero-order valence-corrected chi connectivity index (χ0v) is 9.45. The smallest absolute Gasteiger partial charge is 0.325 e. The summed E-state index contributed by atoms with van der Waals surface area (Å²) in [7, 11) is 0. The van der Waals surface area contributed by atoms with Crippen LogP contribution in [0.3, 0.4) is 0 Å². The van der Waals surface area contributed by atoms with Gasteiger partial charge in [0.15, 0.2) is 0 Å². The van der Waals surface area contributed by atoms with Crippen LogP contribution < -0.4 is 5.32 Å². The second-order valence-corrected chi connectivity index (χ2v) is 4.36. The highest BCUT2D eigenvalue weighted by molar-refractivity contribution is 6.06. The molecule has 1 aliphatic heterocycles. The lowest BCUT2D eigenvalue weighted by Gasteiger charge is -2.15. The molecule has 0 atom stereocenters. The fourth-order valence-corrected chi connectivity index (χ4v) is 1.57. The molecule has 16 heavy (non-hydrogen) atoms. The molecular formula is C10H16N2O4. The maximum atomic E-state index is 11.7. The third-order valence-corrected chi connectivity index (χ3v) is 2.47. The van der Waals surface area contributed by atoms with Gasteiger partial charge in [-0.3, -0.25) is 14.5 Å². The van der Waals surface area contributed by atoms with E-state index in [-0.39, 0.29) is 18.9 Å². The van der Waals surface area contributed by atoms with Crippen molar-refractivity contribution in [1.29, 1.82) is 0 Å². The number of rotatable bonds is 5. The van der Waals surface area contributed by atoms with Gasteiger partial charge in [0.05, 0.1) is 0 Å². The normalized spacial score (nSPS) is 18.8. The molecule has 1 aliphatic rings. The van der Waals surface area contributed by atoms with E-state index in [1.54, 1.807) is 13.8 Å². The summed E-state index contributed by atoms with van der Waals surface area (Å²) >= 11 is 0. The second kappa shape index (κ2) is 4.51. The molecule has 90 valence electrons. The van der Waals surface area contributed by atoms with E-state index in [0.717, 1.165) is 4.90 Å². The van der Waals surface area contributed by atoms with E-state index in [0.29, 0.717) is 12.8 Å². The maximum Gasteiger partial charge on any atom is 0.325 e. The average Bonchev–Trinajstić information content (AvgIpc) is 2.33. The number of carboxylic acids is 1. The van der Waals surface area contributed by atoms with Crippen molar-refractivity contribution < 1.29 is 19.5 Å². The van der Waals surface area contributed by atoms with Gasteiger partial charge in [0, 0.05) is 13.0 Å². The molecule has 1 rings (SSSR count). The first kappa shape index (κ1) is 12.5. The number of aliphatic carboxylic acids is 1. The van der Waals surface area contributed by atoms with Crippen LogP contribution in [0.5, 0.6) is 0 Å². The highest BCUT2D eigenvalue weighted by atomic mass is 16.4. The maximum absolute atomic E-state index is 11.7. The third-order valence-electron chi connectivity index (χ3n) is 2.47. The Morgan fingerprint density at radius 1 is 1.38 bits per heavy atom. The number of urea groups is 1. The largest absolute Gasteiger partial charge is 0.481 e. The minimum absolute atomic E-state index is 0.0625. The summed E-state index contributed by atoms with van der Waals surface area (Å²) in [5, 5.41) is 11.0. The summed E-state index contributed by atoms with van der Waals surface area (Å²) in [6.07, 6.45) is 1.04. The van der Waals surface area contributed by atoms with Gasteiger partial charge in [-0.2, -0.15) is 0 Å². The van der Waals surface area contributed by atoms with E-state index in [4.69, 9.17) is 5.11 Å². The number of hydrogen-bond acceptors (Lipinski definition) is 3. The number of imide groups is 1. The lowest BCUT2D eigenvalue weighted by Crippen LogP contribution is -2.40. The molecule has 0 radical (unpaired) electrons. The van der Waals surface area contributed by atoms with Gasteiger partial charge in [-0.05, 0) is 26.7 Å². The molecule has 2 N–H and O–H groups in total. The van der Waals surface area contributed by atoms with Gasteiger partial charge < -0.3 is 10.4 Å². The molecule has 0 aromatic rings. The Morgan fingerprint density at radius 3 is 2.44 bits per heavy atom. The van der Waals surface area contributed by atoms with Gasteiger partial charge in [0.25, 0.3) is 5.91 Å². The van der Waals surface area contributed by atoms with Crippen LogP contribution in [0.15, 0.2) is 0 Å². The van der Waals surface area contributed by atoms with E-state index in [1.165, 1.54) is 0 Å². The van der Waals surface area contributed by atoms with Crippen molar-refractivity contribution in [2.75, 3.05) is 6.54 Å². The first-order chi connectivity index (χ1) is 7.34. The van der Waals surface area contributed by atoms with E-state index in [1.807, 2.05) is 0 Å². The molecule has 0 unspecified atom stereocenters. The number of carbonyl (C=O) groups is 3. The summed E-state index contributed by atoms with van der Waals surface area (Å²) < 4.78 is 0. The van der Waals surface area contributed by atoms with Gasteiger partial charge in [-0.1, -0.05) is 0 Å². The SMILES string of the molecule is CC1(C)NC(=O)N(CCCCC(=O)O)C1=O. The van der Waals surface area contributed by atoms with Crippen LogP contribution >= 0.6 is 0 Å². The molecule has 1 heterocycles. The van der Waals surface area contributed by atoms with Crippen molar-refractivity contribution in [2.45, 2.75) is 38.6 Å². The predicted octanol–water partition coefficient (Wildman–Crippen LogP) is 0.572. The molecule has 6 heteroatoms. The van der Waals surface area contributed by atoms with Crippen LogP contribution in [-0.4, -0.2) is 40.0 Å². The molecule has 3 amide bonds. The number of amides is 3. The minimum atomic E-state index is -0.863. The standard InChI is InChI=1S/C10H16N2O4/c1-10(2)8(15)12(9(16)11-10)6-4-3-5-7(13)14/h3-6H2,1-2H3,(H,11,16)(H,13,14). The quantitative estimate of drug-likeness (QED) is 0.532. The van der Waals surface area contributed by atoms with Gasteiger partial charge in [0.1, 0.15) is 5.54 Å². The molecule has 0 aromatic heterocycles. The van der Waals surface area contributed by atoms with E-state index in [9.17, 15) is 14.4 Å². The molecule has 1 saturated heterocycles. The van der Waals surface area contributed by atoms with E-state index in [2.05, 4.69) is 5.32 Å². The summed E-state index contributed by atoms with van der Waals surface area (Å²) in [4.78, 5) is 34.5. The van der Waals surface area contributed by atoms with E-state index < -0.39 is 17.5 Å². The molecule has 0 aromatic carbocycles. The zero-order chi connectivity index (χ0) is 12.3. The number of carbonyl (C=O) groups excluding carboxylic acids is 2. The van der Waals surface area contributed by atoms with Crippen LogP contribution in [0.2, 0.25) is 0 Å². The average molecular weight is 228 g/mol. The summed E-state index contributed by atoms with van der Waals surface area (Å²) in [6, 6.07) is -0.398. The summed E-state index contributed by atoms with van der Waals surface area (Å²) in [5.41, 5.74) is -0.843. The van der Waals surface area contributed by atoms with Crippen molar-refractivity contribution in [3.05, 3.63) is 0 Å². The van der Waals surface area contributed by atoms with Crippen molar-refractivity contribution in [2.24, 2.45) is 0 Å². The van der Waals surface area contributed by atoms with Crippen molar-refractivity contribution in [3.8, 4) is 0 Å². The zero-order valence-electron chi connectivity index (χ0n) is 9.45. The van der Waals surface area contributed by atoms with Gasteiger partial charge in [0.2, 0.25) is 0 Å². The molecule has 1 fully saturated rings. The first-order valence-electron chi connectivity index (χ1n) is 5.20. The summed E-state index contributed by atoms with van der Waals surface area (Å²) in [6.45, 7) is 3.57. The molecular weight excluding hydrogens is 212 g/mol. The van der Waals surface area contributed by atoms with Crippen LogP contribution in [-0.2, 0) is 9.59 Å². The third kappa shape index (κ3) is 2.71. The van der Waals surface area contributed by atoms with Gasteiger partial charge >= 0.3 is 12.0 Å². The van der Waals surface area contributed by atoms with Crippen molar-refractivity contribution in [1.82, 2.24) is 10.2 Å². The van der Waals surface area contributed by atoms with Crippen LogP contribution in [0.4, 0.5) is 4.79 Å². The highest BCUT2D eigenvalue weighted by Crippen LogP contribution is 2.17. The Kier molecular flexibility index (Phi) is 3.51. The van der Waals surface area contributed by atoms with Gasteiger partial charge in [-0.15, -0.1) is 0 Å².